The molecule has 16 heteroatoms. The summed E-state index contributed by atoms with van der Waals surface area (Å²) in [6.07, 6.45) is -7.58. The Morgan fingerprint density at radius 3 is 2.23 bits per heavy atom. The van der Waals surface area contributed by atoms with E-state index in [2.05, 4.69) is 10.3 Å². The molecule has 0 saturated heterocycles. The summed E-state index contributed by atoms with van der Waals surface area (Å²) in [6, 6.07) is 6.37. The first-order valence-corrected chi connectivity index (χ1v) is 14.8. The van der Waals surface area contributed by atoms with Gasteiger partial charge in [0.25, 0.3) is 5.91 Å². The van der Waals surface area contributed by atoms with Crippen molar-refractivity contribution in [1.29, 1.82) is 0 Å². The van der Waals surface area contributed by atoms with Gasteiger partial charge in [-0.2, -0.15) is 26.3 Å². The molecule has 1 aromatic heterocycles. The molecular weight excluding hydrogens is 655 g/mol. The maximum atomic E-state index is 14.7. The van der Waals surface area contributed by atoms with Crippen molar-refractivity contribution >= 4 is 11.8 Å². The normalized spacial score (nSPS) is 20.4. The van der Waals surface area contributed by atoms with Crippen LogP contribution in [0.4, 0.5) is 30.7 Å². The predicted octanol–water partition coefficient (Wildman–Crippen LogP) is 5.30. The standard InChI is InChI=1S/C32H28F7N3O6/c1-29(28(40)44)14-46-26-20(29)12-24(42-25(26)15-2-8-21(33)19(10-15)31(34,35)36)30(45,32(37,38)39)13-41-27(43)16-3-9-22(47-17-4-5-17)23(11-16)48-18-6-7-18/h2-3,8-12,17-18,45H,4-7,13-14H2,1H3,(H2,40,44)(H,41,43)/t29-,30-/m0/s1. The van der Waals surface area contributed by atoms with Gasteiger partial charge in [-0.15, -0.1) is 0 Å². The van der Waals surface area contributed by atoms with E-state index in [0.717, 1.165) is 31.7 Å². The number of primary amides is 1. The number of aliphatic hydroxyl groups is 1. The molecule has 1 aliphatic heterocycles. The average Bonchev–Trinajstić information content (AvgIpc) is 3.95. The molecule has 2 saturated carbocycles. The van der Waals surface area contributed by atoms with Crippen LogP contribution in [0.2, 0.25) is 0 Å². The summed E-state index contributed by atoms with van der Waals surface area (Å²) in [5.74, 6) is -3.52. The number of carbonyl (C=O) groups is 2. The molecule has 48 heavy (non-hydrogen) atoms. The molecule has 0 unspecified atom stereocenters. The maximum Gasteiger partial charge on any atom is 0.424 e. The number of nitrogens with zero attached hydrogens (tertiary/aromatic N) is 1. The Morgan fingerprint density at radius 2 is 1.65 bits per heavy atom. The van der Waals surface area contributed by atoms with E-state index in [0.29, 0.717) is 23.9 Å². The summed E-state index contributed by atoms with van der Waals surface area (Å²) < 4.78 is 116. The molecule has 2 aliphatic carbocycles. The zero-order chi connectivity index (χ0) is 34.8. The number of hydrogen-bond donors (Lipinski definition) is 3. The van der Waals surface area contributed by atoms with E-state index >= 15 is 0 Å². The first-order chi connectivity index (χ1) is 22.4. The van der Waals surface area contributed by atoms with Crippen molar-refractivity contribution in [3.05, 3.63) is 70.7 Å². The molecule has 3 aromatic rings. The van der Waals surface area contributed by atoms with Crippen LogP contribution in [0.5, 0.6) is 17.2 Å². The van der Waals surface area contributed by atoms with E-state index in [-0.39, 0.29) is 34.8 Å². The van der Waals surface area contributed by atoms with Crippen molar-refractivity contribution in [3.8, 4) is 28.5 Å². The van der Waals surface area contributed by atoms with Gasteiger partial charge in [0.15, 0.2) is 11.5 Å². The van der Waals surface area contributed by atoms with E-state index in [1.165, 1.54) is 25.1 Å². The number of halogens is 7. The third-order valence-electron chi connectivity index (χ3n) is 8.40. The molecule has 3 aliphatic rings. The lowest BCUT2D eigenvalue weighted by Crippen LogP contribution is -2.51. The topological polar surface area (TPSA) is 133 Å². The van der Waals surface area contributed by atoms with Crippen LogP contribution < -0.4 is 25.3 Å². The van der Waals surface area contributed by atoms with Crippen LogP contribution in [0.1, 0.15) is 59.8 Å². The smallest absolute Gasteiger partial charge is 0.424 e. The number of rotatable bonds is 10. The fraction of sp³-hybridized carbons (Fsp3) is 0.406. The van der Waals surface area contributed by atoms with E-state index < -0.39 is 76.7 Å². The van der Waals surface area contributed by atoms with Crippen LogP contribution >= 0.6 is 0 Å². The summed E-state index contributed by atoms with van der Waals surface area (Å²) in [5, 5.41) is 13.3. The number of pyridine rings is 1. The first-order valence-electron chi connectivity index (χ1n) is 14.8. The second-order valence-corrected chi connectivity index (χ2v) is 12.2. The van der Waals surface area contributed by atoms with Gasteiger partial charge in [-0.3, -0.25) is 9.59 Å². The fourth-order valence-corrected chi connectivity index (χ4v) is 5.10. The minimum absolute atomic E-state index is 0.00508. The number of amides is 2. The SMILES string of the molecule is C[C@]1(C(N)=O)COc2c1cc([C@@](O)(CNC(=O)c1ccc(OC3CC3)c(OC3CC3)c1)C(F)(F)F)nc2-c1ccc(F)c(C(F)(F)F)c1. The Labute approximate surface area is 268 Å². The van der Waals surface area contributed by atoms with Crippen molar-refractivity contribution in [3.63, 3.8) is 0 Å². The van der Waals surface area contributed by atoms with E-state index in [1.807, 2.05) is 0 Å². The summed E-state index contributed by atoms with van der Waals surface area (Å²) >= 11 is 0. The van der Waals surface area contributed by atoms with Gasteiger partial charge in [-0.25, -0.2) is 9.37 Å². The predicted molar refractivity (Wildman–Crippen MR) is 153 cm³/mol. The highest BCUT2D eigenvalue weighted by Crippen LogP contribution is 2.48. The van der Waals surface area contributed by atoms with Gasteiger partial charge in [0.1, 0.15) is 29.3 Å². The van der Waals surface area contributed by atoms with Crippen LogP contribution in [-0.2, 0) is 22.0 Å². The molecule has 2 fully saturated rings. The Bertz CT molecular complexity index is 1790. The monoisotopic (exact) mass is 683 g/mol. The van der Waals surface area contributed by atoms with Crippen molar-refractivity contribution in [2.24, 2.45) is 5.73 Å². The molecule has 256 valence electrons. The Morgan fingerprint density at radius 1 is 1.00 bits per heavy atom. The molecule has 0 spiro atoms. The molecule has 0 radical (unpaired) electrons. The van der Waals surface area contributed by atoms with E-state index in [9.17, 15) is 45.4 Å². The number of hydrogen-bond acceptors (Lipinski definition) is 7. The highest BCUT2D eigenvalue weighted by atomic mass is 19.4. The zero-order valence-corrected chi connectivity index (χ0v) is 25.1. The summed E-state index contributed by atoms with van der Waals surface area (Å²) in [4.78, 5) is 29.4. The zero-order valence-electron chi connectivity index (χ0n) is 25.1. The van der Waals surface area contributed by atoms with Gasteiger partial charge in [0.05, 0.1) is 30.0 Å². The molecular formula is C32H28F7N3O6. The molecule has 6 rings (SSSR count). The van der Waals surface area contributed by atoms with Gasteiger partial charge >= 0.3 is 12.4 Å². The lowest BCUT2D eigenvalue weighted by atomic mass is 9.81. The summed E-state index contributed by atoms with van der Waals surface area (Å²) in [7, 11) is 0. The minimum atomic E-state index is -5.54. The molecule has 2 aromatic carbocycles. The quantitative estimate of drug-likeness (QED) is 0.247. The molecule has 9 nitrogen and oxygen atoms in total. The fourth-order valence-electron chi connectivity index (χ4n) is 5.10. The number of aromatic nitrogens is 1. The van der Waals surface area contributed by atoms with Crippen molar-refractivity contribution in [2.75, 3.05) is 13.2 Å². The maximum absolute atomic E-state index is 14.7. The molecule has 0 bridgehead atoms. The van der Waals surface area contributed by atoms with Crippen LogP contribution in [0, 0.1) is 5.82 Å². The van der Waals surface area contributed by atoms with Crippen LogP contribution in [0.25, 0.3) is 11.3 Å². The Kier molecular flexibility index (Phi) is 8.00. The van der Waals surface area contributed by atoms with Crippen molar-refractivity contribution in [1.82, 2.24) is 10.3 Å². The highest BCUT2D eigenvalue weighted by molar-refractivity contribution is 5.95. The third kappa shape index (κ3) is 6.20. The second-order valence-electron chi connectivity index (χ2n) is 12.2. The van der Waals surface area contributed by atoms with Crippen LogP contribution in [0.15, 0.2) is 42.5 Å². The minimum Gasteiger partial charge on any atom is -0.489 e. The number of ether oxygens (including phenoxy) is 3. The van der Waals surface area contributed by atoms with Crippen molar-refractivity contribution < 1.29 is 59.6 Å². The first kappa shape index (κ1) is 33.3. The molecule has 2 atom stereocenters. The summed E-state index contributed by atoms with van der Waals surface area (Å²) in [6.45, 7) is -0.798. The molecule has 4 N–H and O–H groups in total. The Balaban J connectivity index is 1.39. The van der Waals surface area contributed by atoms with Gasteiger partial charge < -0.3 is 30.4 Å². The largest absolute Gasteiger partial charge is 0.489 e. The highest BCUT2D eigenvalue weighted by Gasteiger charge is 2.58. The van der Waals surface area contributed by atoms with Gasteiger partial charge in [-0.1, -0.05) is 0 Å². The number of carbonyl (C=O) groups excluding carboxylic acids is 2. The van der Waals surface area contributed by atoms with E-state index in [1.54, 1.807) is 0 Å². The Hall–Kier alpha value is -4.60. The number of fused-ring (bicyclic) bond motifs is 1. The summed E-state index contributed by atoms with van der Waals surface area (Å²) in [5.41, 5.74) is -4.75. The van der Waals surface area contributed by atoms with Crippen LogP contribution in [0.3, 0.4) is 0 Å². The number of alkyl halides is 6. The van der Waals surface area contributed by atoms with Crippen molar-refractivity contribution in [2.45, 2.75) is 68.2 Å². The number of nitrogens with two attached hydrogens (primary N) is 1. The van der Waals surface area contributed by atoms with Gasteiger partial charge in [0.2, 0.25) is 11.5 Å². The average molecular weight is 684 g/mol. The lowest BCUT2D eigenvalue weighted by molar-refractivity contribution is -0.265. The van der Waals surface area contributed by atoms with Gasteiger partial charge in [0, 0.05) is 16.7 Å². The number of nitrogens with one attached hydrogen (secondary N) is 1. The molecule has 2 heterocycles. The molecule has 2 amide bonds. The second kappa shape index (κ2) is 11.5. The lowest BCUT2D eigenvalue weighted by Gasteiger charge is -2.31. The third-order valence-corrected chi connectivity index (χ3v) is 8.40. The van der Waals surface area contributed by atoms with E-state index in [4.69, 9.17) is 19.9 Å². The van der Waals surface area contributed by atoms with Crippen LogP contribution in [-0.4, -0.2) is 53.4 Å². The van der Waals surface area contributed by atoms with Gasteiger partial charge in [-0.05, 0) is 75.1 Å². The number of benzene rings is 2.